The number of hydrogen-bond donors (Lipinski definition) is 2. The summed E-state index contributed by atoms with van der Waals surface area (Å²) in [6.07, 6.45) is 0. The highest BCUT2D eigenvalue weighted by molar-refractivity contribution is 9.09. The van der Waals surface area contributed by atoms with Crippen LogP contribution in [0.4, 0.5) is 0 Å². The molecule has 0 saturated heterocycles. The summed E-state index contributed by atoms with van der Waals surface area (Å²) in [5.41, 5.74) is 0. The Morgan fingerprint density at radius 1 is 1.06 bits per heavy atom. The molecule has 0 radical (unpaired) electrons. The highest BCUT2D eigenvalue weighted by Crippen LogP contribution is 2.35. The van der Waals surface area contributed by atoms with Gasteiger partial charge < -0.3 is 14.9 Å². The summed E-state index contributed by atoms with van der Waals surface area (Å²) in [5, 5.41) is 22.0. The van der Waals surface area contributed by atoms with E-state index in [1.54, 1.807) is 12.1 Å². The molecule has 92 valence electrons. The average molecular weight is 300 g/mol. The van der Waals surface area contributed by atoms with Crippen LogP contribution in [0.1, 0.15) is 0 Å². The van der Waals surface area contributed by atoms with Gasteiger partial charge in [0.05, 0.1) is 19.8 Å². The summed E-state index contributed by atoms with van der Waals surface area (Å²) < 4.78 is 6.76. The Morgan fingerprint density at radius 2 is 1.65 bits per heavy atom. The standard InChI is InChI=1S/C12H14BrNO3/c13-5-7-17-8-6-14-11(15)9-3-1-2-4-10(9)12(14)16/h1-4,15-16H,5-8H2. The summed E-state index contributed by atoms with van der Waals surface area (Å²) in [6, 6.07) is 7.21. The molecule has 1 aromatic heterocycles. The fourth-order valence-electron chi connectivity index (χ4n) is 1.79. The van der Waals surface area contributed by atoms with Gasteiger partial charge in [0.2, 0.25) is 11.8 Å². The van der Waals surface area contributed by atoms with Crippen molar-refractivity contribution in [3.8, 4) is 11.8 Å². The molecule has 4 nitrogen and oxygen atoms in total. The van der Waals surface area contributed by atoms with E-state index in [2.05, 4.69) is 15.9 Å². The Morgan fingerprint density at radius 3 is 2.18 bits per heavy atom. The Bertz CT molecular complexity index is 471. The van der Waals surface area contributed by atoms with Crippen LogP contribution in [0.15, 0.2) is 24.3 Å². The van der Waals surface area contributed by atoms with Gasteiger partial charge in [0.15, 0.2) is 0 Å². The molecule has 0 unspecified atom stereocenters. The van der Waals surface area contributed by atoms with E-state index >= 15 is 0 Å². The first-order chi connectivity index (χ1) is 8.25. The van der Waals surface area contributed by atoms with Crippen LogP contribution in [0.25, 0.3) is 10.8 Å². The monoisotopic (exact) mass is 299 g/mol. The second kappa shape index (κ2) is 5.42. The molecule has 2 rings (SSSR count). The van der Waals surface area contributed by atoms with Gasteiger partial charge in [0.1, 0.15) is 0 Å². The molecule has 0 spiro atoms. The number of aromatic nitrogens is 1. The number of hydrogen-bond acceptors (Lipinski definition) is 3. The van der Waals surface area contributed by atoms with E-state index in [0.717, 1.165) is 5.33 Å². The third kappa shape index (κ3) is 2.40. The highest BCUT2D eigenvalue weighted by Gasteiger charge is 2.14. The van der Waals surface area contributed by atoms with Crippen LogP contribution < -0.4 is 0 Å². The van der Waals surface area contributed by atoms with Crippen molar-refractivity contribution in [3.63, 3.8) is 0 Å². The van der Waals surface area contributed by atoms with Crippen molar-refractivity contribution < 1.29 is 14.9 Å². The quantitative estimate of drug-likeness (QED) is 0.659. The normalized spacial score (nSPS) is 11.1. The van der Waals surface area contributed by atoms with Gasteiger partial charge in [-0.15, -0.1) is 0 Å². The minimum Gasteiger partial charge on any atom is -0.494 e. The topological polar surface area (TPSA) is 54.6 Å². The molecule has 1 aromatic carbocycles. The number of alkyl halides is 1. The molecule has 0 aliphatic heterocycles. The van der Waals surface area contributed by atoms with Gasteiger partial charge in [-0.3, -0.25) is 4.57 Å². The Kier molecular flexibility index (Phi) is 3.91. The van der Waals surface area contributed by atoms with Crippen molar-refractivity contribution in [1.29, 1.82) is 0 Å². The fourth-order valence-corrected chi connectivity index (χ4v) is 2.02. The van der Waals surface area contributed by atoms with Crippen molar-refractivity contribution in [2.75, 3.05) is 18.5 Å². The smallest absolute Gasteiger partial charge is 0.202 e. The van der Waals surface area contributed by atoms with Crippen molar-refractivity contribution in [2.45, 2.75) is 6.54 Å². The second-order valence-electron chi connectivity index (χ2n) is 3.65. The minimum atomic E-state index is 0.0838. The molecular formula is C12H14BrNO3. The Balaban J connectivity index is 2.22. The van der Waals surface area contributed by atoms with Gasteiger partial charge in [-0.2, -0.15) is 0 Å². The summed E-state index contributed by atoms with van der Waals surface area (Å²) in [5.74, 6) is 0.168. The third-order valence-corrected chi connectivity index (χ3v) is 2.92. The molecule has 0 atom stereocenters. The number of rotatable bonds is 5. The van der Waals surface area contributed by atoms with Crippen LogP contribution in [0.5, 0.6) is 11.8 Å². The summed E-state index contributed by atoms with van der Waals surface area (Å²) in [4.78, 5) is 0. The Labute approximate surface area is 108 Å². The van der Waals surface area contributed by atoms with E-state index < -0.39 is 0 Å². The molecule has 2 aromatic rings. The number of nitrogens with zero attached hydrogens (tertiary/aromatic N) is 1. The average Bonchev–Trinajstić information content (AvgIpc) is 2.60. The van der Waals surface area contributed by atoms with Crippen LogP contribution >= 0.6 is 15.9 Å². The molecule has 0 aliphatic carbocycles. The predicted octanol–water partition coefficient (Wildman–Crippen LogP) is 2.46. The van der Waals surface area contributed by atoms with E-state index in [4.69, 9.17) is 4.74 Å². The molecule has 1 heterocycles. The van der Waals surface area contributed by atoms with Gasteiger partial charge in [-0.25, -0.2) is 0 Å². The van der Waals surface area contributed by atoms with Gasteiger partial charge in [-0.1, -0.05) is 28.1 Å². The molecule has 0 saturated carbocycles. The van der Waals surface area contributed by atoms with Crippen molar-refractivity contribution in [2.24, 2.45) is 0 Å². The van der Waals surface area contributed by atoms with Gasteiger partial charge in [-0.05, 0) is 12.1 Å². The zero-order chi connectivity index (χ0) is 12.3. The van der Waals surface area contributed by atoms with E-state index in [1.165, 1.54) is 4.57 Å². The molecular weight excluding hydrogens is 286 g/mol. The van der Waals surface area contributed by atoms with Crippen LogP contribution in [-0.4, -0.2) is 33.3 Å². The van der Waals surface area contributed by atoms with Crippen LogP contribution in [0.2, 0.25) is 0 Å². The van der Waals surface area contributed by atoms with Crippen LogP contribution in [0.3, 0.4) is 0 Å². The van der Waals surface area contributed by atoms with Crippen LogP contribution in [-0.2, 0) is 11.3 Å². The lowest BCUT2D eigenvalue weighted by Crippen LogP contribution is -2.06. The Hall–Kier alpha value is -1.20. The number of halogens is 1. The van der Waals surface area contributed by atoms with Crippen molar-refractivity contribution >= 4 is 26.7 Å². The maximum Gasteiger partial charge on any atom is 0.202 e. The van der Waals surface area contributed by atoms with Gasteiger partial charge in [0, 0.05) is 16.1 Å². The van der Waals surface area contributed by atoms with E-state index in [1.807, 2.05) is 12.1 Å². The number of ether oxygens (including phenoxy) is 1. The highest BCUT2D eigenvalue weighted by atomic mass is 79.9. The first kappa shape index (κ1) is 12.3. The predicted molar refractivity (Wildman–Crippen MR) is 69.9 cm³/mol. The largest absolute Gasteiger partial charge is 0.494 e. The lowest BCUT2D eigenvalue weighted by atomic mass is 10.2. The van der Waals surface area contributed by atoms with E-state index in [-0.39, 0.29) is 11.8 Å². The molecule has 0 fully saturated rings. The lowest BCUT2D eigenvalue weighted by molar-refractivity contribution is 0.137. The molecule has 2 N–H and O–H groups in total. The summed E-state index contributed by atoms with van der Waals surface area (Å²) in [6.45, 7) is 1.50. The number of benzene rings is 1. The first-order valence-corrected chi connectivity index (χ1v) is 6.50. The number of fused-ring (bicyclic) bond motifs is 1. The SMILES string of the molecule is Oc1c2ccccc2c(O)n1CCOCCBr. The zero-order valence-electron chi connectivity index (χ0n) is 9.27. The lowest BCUT2D eigenvalue weighted by Gasteiger charge is -2.06. The fraction of sp³-hybridized carbons (Fsp3) is 0.333. The summed E-state index contributed by atoms with van der Waals surface area (Å²) in [7, 11) is 0. The maximum atomic E-state index is 9.97. The van der Waals surface area contributed by atoms with Crippen molar-refractivity contribution in [3.05, 3.63) is 24.3 Å². The van der Waals surface area contributed by atoms with Crippen LogP contribution in [0, 0.1) is 0 Å². The maximum absolute atomic E-state index is 9.97. The van der Waals surface area contributed by atoms with Crippen molar-refractivity contribution in [1.82, 2.24) is 4.57 Å². The van der Waals surface area contributed by atoms with E-state index in [9.17, 15) is 10.2 Å². The molecule has 0 amide bonds. The number of aromatic hydroxyl groups is 2. The third-order valence-electron chi connectivity index (χ3n) is 2.60. The van der Waals surface area contributed by atoms with Gasteiger partial charge in [0.25, 0.3) is 0 Å². The van der Waals surface area contributed by atoms with Gasteiger partial charge >= 0.3 is 0 Å². The molecule has 17 heavy (non-hydrogen) atoms. The minimum absolute atomic E-state index is 0.0838. The summed E-state index contributed by atoms with van der Waals surface area (Å²) >= 11 is 3.26. The molecule has 0 bridgehead atoms. The second-order valence-corrected chi connectivity index (χ2v) is 4.44. The molecule has 0 aliphatic rings. The van der Waals surface area contributed by atoms with E-state index in [0.29, 0.717) is 30.5 Å². The first-order valence-electron chi connectivity index (χ1n) is 5.38. The molecule has 5 heteroatoms. The zero-order valence-corrected chi connectivity index (χ0v) is 10.9.